The van der Waals surface area contributed by atoms with Gasteiger partial charge in [0.05, 0.1) is 29.9 Å². The Morgan fingerprint density at radius 3 is 2.85 bits per heavy atom. The molecule has 1 aromatic carbocycles. The van der Waals surface area contributed by atoms with Crippen LogP contribution in [0.1, 0.15) is 11.4 Å². The summed E-state index contributed by atoms with van der Waals surface area (Å²) in [7, 11) is 3.48. The van der Waals surface area contributed by atoms with E-state index in [1.807, 2.05) is 45.2 Å². The topological polar surface area (TPSA) is 94.0 Å². The molecule has 0 unspecified atom stereocenters. The van der Waals surface area contributed by atoms with E-state index in [2.05, 4.69) is 25.9 Å². The highest BCUT2D eigenvalue weighted by Gasteiger charge is 2.14. The Bertz CT molecular complexity index is 953. The second-order valence-electron chi connectivity index (χ2n) is 5.74. The van der Waals surface area contributed by atoms with Crippen LogP contribution in [0.4, 0.5) is 16.5 Å². The number of methoxy groups -OCH3 is 1. The van der Waals surface area contributed by atoms with Crippen molar-refractivity contribution in [3.63, 3.8) is 0 Å². The second kappa shape index (κ2) is 8.40. The molecular formula is C17H20N6O2S2. The molecule has 0 saturated carbocycles. The van der Waals surface area contributed by atoms with Crippen LogP contribution < -0.4 is 15.4 Å². The first-order valence-electron chi connectivity index (χ1n) is 8.13. The van der Waals surface area contributed by atoms with Crippen LogP contribution in [-0.4, -0.2) is 38.7 Å². The summed E-state index contributed by atoms with van der Waals surface area (Å²) in [5, 5.41) is 19.3. The number of amides is 1. The van der Waals surface area contributed by atoms with E-state index >= 15 is 0 Å². The summed E-state index contributed by atoms with van der Waals surface area (Å²) in [5.41, 5.74) is 3.35. The third-order valence-corrected chi connectivity index (χ3v) is 5.80. The van der Waals surface area contributed by atoms with Gasteiger partial charge in [0.2, 0.25) is 11.0 Å². The number of anilines is 3. The molecule has 0 aliphatic rings. The molecule has 2 N–H and O–H groups in total. The van der Waals surface area contributed by atoms with Gasteiger partial charge in [-0.05, 0) is 26.0 Å². The minimum absolute atomic E-state index is 0.100. The van der Waals surface area contributed by atoms with Crippen molar-refractivity contribution in [2.45, 2.75) is 18.2 Å². The Balaban J connectivity index is 1.55. The number of hydrogen-bond acceptors (Lipinski definition) is 8. The van der Waals surface area contributed by atoms with Crippen molar-refractivity contribution in [2.24, 2.45) is 7.05 Å². The molecular weight excluding hydrogens is 384 g/mol. The molecule has 2 aromatic heterocycles. The van der Waals surface area contributed by atoms with Gasteiger partial charge in [-0.3, -0.25) is 9.48 Å². The maximum atomic E-state index is 12.2. The van der Waals surface area contributed by atoms with Gasteiger partial charge in [0.1, 0.15) is 5.75 Å². The number of hydrogen-bond donors (Lipinski definition) is 2. The lowest BCUT2D eigenvalue weighted by Gasteiger charge is -2.04. The van der Waals surface area contributed by atoms with Crippen molar-refractivity contribution in [3.8, 4) is 5.75 Å². The van der Waals surface area contributed by atoms with E-state index in [-0.39, 0.29) is 11.7 Å². The average Bonchev–Trinajstić information content (AvgIpc) is 3.19. The first-order chi connectivity index (χ1) is 13.0. The van der Waals surface area contributed by atoms with Crippen molar-refractivity contribution < 1.29 is 9.53 Å². The maximum Gasteiger partial charge on any atom is 0.234 e. The zero-order chi connectivity index (χ0) is 19.4. The molecule has 0 bridgehead atoms. The molecule has 2 heterocycles. The fourth-order valence-corrected chi connectivity index (χ4v) is 3.97. The van der Waals surface area contributed by atoms with Crippen LogP contribution in [0.3, 0.4) is 0 Å². The summed E-state index contributed by atoms with van der Waals surface area (Å²) < 4.78 is 7.67. The number of nitrogens with zero attached hydrogens (tertiary/aromatic N) is 4. The van der Waals surface area contributed by atoms with Gasteiger partial charge in [0.15, 0.2) is 4.34 Å². The van der Waals surface area contributed by atoms with Gasteiger partial charge in [-0.15, -0.1) is 10.2 Å². The molecule has 27 heavy (non-hydrogen) atoms. The van der Waals surface area contributed by atoms with E-state index in [1.54, 1.807) is 11.8 Å². The van der Waals surface area contributed by atoms with Crippen LogP contribution in [0.2, 0.25) is 0 Å². The lowest BCUT2D eigenvalue weighted by molar-refractivity contribution is -0.113. The van der Waals surface area contributed by atoms with E-state index in [4.69, 9.17) is 4.74 Å². The first-order valence-corrected chi connectivity index (χ1v) is 9.94. The fourth-order valence-electron chi connectivity index (χ4n) is 2.40. The molecule has 0 saturated heterocycles. The zero-order valence-electron chi connectivity index (χ0n) is 15.4. The molecule has 8 nitrogen and oxygen atoms in total. The van der Waals surface area contributed by atoms with Crippen LogP contribution in [0.15, 0.2) is 28.6 Å². The molecule has 3 rings (SSSR count). The summed E-state index contributed by atoms with van der Waals surface area (Å²) in [5.74, 6) is 0.912. The minimum atomic E-state index is -0.100. The minimum Gasteiger partial charge on any atom is -0.497 e. The third-order valence-electron chi connectivity index (χ3n) is 3.83. The van der Waals surface area contributed by atoms with Crippen LogP contribution in [0.5, 0.6) is 5.75 Å². The Hall–Kier alpha value is -2.59. The van der Waals surface area contributed by atoms with Gasteiger partial charge in [-0.1, -0.05) is 29.2 Å². The summed E-state index contributed by atoms with van der Waals surface area (Å²) >= 11 is 2.74. The molecule has 0 fully saturated rings. The van der Waals surface area contributed by atoms with E-state index in [0.717, 1.165) is 32.9 Å². The molecule has 0 radical (unpaired) electrons. The SMILES string of the molecule is COc1cccc(Nc2nnc(SCC(=O)Nc3c(C)nn(C)c3C)s2)c1. The van der Waals surface area contributed by atoms with Crippen LogP contribution >= 0.6 is 23.1 Å². The van der Waals surface area contributed by atoms with E-state index in [9.17, 15) is 4.79 Å². The monoisotopic (exact) mass is 404 g/mol. The average molecular weight is 405 g/mol. The molecule has 10 heteroatoms. The lowest BCUT2D eigenvalue weighted by Crippen LogP contribution is -2.15. The lowest BCUT2D eigenvalue weighted by atomic mass is 10.3. The summed E-state index contributed by atoms with van der Waals surface area (Å²) in [4.78, 5) is 12.2. The van der Waals surface area contributed by atoms with Crippen molar-refractivity contribution in [3.05, 3.63) is 35.7 Å². The number of thioether (sulfide) groups is 1. The standard InChI is InChI=1S/C17H20N6O2S2/c1-10-15(11(2)23(3)22-10)19-14(24)9-26-17-21-20-16(27-17)18-12-6-5-7-13(8-12)25-4/h5-8H,9H2,1-4H3,(H,18,20)(H,19,24). The van der Waals surface area contributed by atoms with Crippen LogP contribution in [0, 0.1) is 13.8 Å². The molecule has 142 valence electrons. The number of aromatic nitrogens is 4. The van der Waals surface area contributed by atoms with Gasteiger partial charge in [0.25, 0.3) is 0 Å². The van der Waals surface area contributed by atoms with E-state index < -0.39 is 0 Å². The van der Waals surface area contributed by atoms with Gasteiger partial charge in [-0.25, -0.2) is 0 Å². The molecule has 0 aliphatic carbocycles. The Labute approximate surface area is 165 Å². The van der Waals surface area contributed by atoms with Crippen molar-refractivity contribution in [1.29, 1.82) is 0 Å². The van der Waals surface area contributed by atoms with Crippen molar-refractivity contribution in [1.82, 2.24) is 20.0 Å². The Morgan fingerprint density at radius 1 is 1.33 bits per heavy atom. The second-order valence-corrected chi connectivity index (χ2v) is 7.94. The van der Waals surface area contributed by atoms with Gasteiger partial charge >= 0.3 is 0 Å². The third kappa shape index (κ3) is 4.77. The summed E-state index contributed by atoms with van der Waals surface area (Å²) in [6.07, 6.45) is 0. The summed E-state index contributed by atoms with van der Waals surface area (Å²) in [6.45, 7) is 3.79. The van der Waals surface area contributed by atoms with Gasteiger partial charge in [0, 0.05) is 18.8 Å². The first kappa shape index (κ1) is 19.2. The fraction of sp³-hybridized carbons (Fsp3) is 0.294. The van der Waals surface area contributed by atoms with Crippen molar-refractivity contribution in [2.75, 3.05) is 23.5 Å². The smallest absolute Gasteiger partial charge is 0.234 e. The molecule has 0 atom stereocenters. The Kier molecular flexibility index (Phi) is 5.97. The van der Waals surface area contributed by atoms with Crippen LogP contribution in [-0.2, 0) is 11.8 Å². The highest BCUT2D eigenvalue weighted by Crippen LogP contribution is 2.29. The van der Waals surface area contributed by atoms with Crippen molar-refractivity contribution >= 4 is 45.5 Å². The van der Waals surface area contributed by atoms with Gasteiger partial charge in [-0.2, -0.15) is 5.10 Å². The number of aryl methyl sites for hydroxylation is 2. The number of ether oxygens (including phenoxy) is 1. The van der Waals surface area contributed by atoms with E-state index in [0.29, 0.717) is 5.13 Å². The number of rotatable bonds is 7. The number of nitrogens with one attached hydrogen (secondary N) is 2. The number of carbonyl (C=O) groups is 1. The number of benzene rings is 1. The molecule has 3 aromatic rings. The Morgan fingerprint density at radius 2 is 2.15 bits per heavy atom. The molecule has 0 aliphatic heterocycles. The largest absolute Gasteiger partial charge is 0.497 e. The highest BCUT2D eigenvalue weighted by molar-refractivity contribution is 8.01. The van der Waals surface area contributed by atoms with Gasteiger partial charge < -0.3 is 15.4 Å². The van der Waals surface area contributed by atoms with E-state index in [1.165, 1.54) is 23.1 Å². The number of carbonyl (C=O) groups excluding carboxylic acids is 1. The predicted molar refractivity (Wildman–Crippen MR) is 108 cm³/mol. The highest BCUT2D eigenvalue weighted by atomic mass is 32.2. The van der Waals surface area contributed by atoms with Crippen LogP contribution in [0.25, 0.3) is 0 Å². The normalized spacial score (nSPS) is 10.7. The summed E-state index contributed by atoms with van der Waals surface area (Å²) in [6, 6.07) is 7.56. The zero-order valence-corrected chi connectivity index (χ0v) is 17.1. The maximum absolute atomic E-state index is 12.2. The predicted octanol–water partition coefficient (Wildman–Crippen LogP) is 3.37. The molecule has 1 amide bonds. The quantitative estimate of drug-likeness (QED) is 0.583. The molecule has 0 spiro atoms.